The van der Waals surface area contributed by atoms with E-state index in [1.54, 1.807) is 18.2 Å². The van der Waals surface area contributed by atoms with Crippen LogP contribution in [0.4, 0.5) is 0 Å². The predicted octanol–water partition coefficient (Wildman–Crippen LogP) is 3.64. The third-order valence-electron chi connectivity index (χ3n) is 6.61. The van der Waals surface area contributed by atoms with Gasteiger partial charge >= 0.3 is 0 Å². The minimum atomic E-state index is -0.993. The lowest BCUT2D eigenvalue weighted by atomic mass is 9.86. The normalized spacial score (nSPS) is 16.7. The number of piperidine rings is 1. The first kappa shape index (κ1) is 23.5. The van der Waals surface area contributed by atoms with E-state index >= 15 is 0 Å². The van der Waals surface area contributed by atoms with Crippen LogP contribution >= 0.6 is 11.6 Å². The number of methoxy groups -OCH3 is 1. The van der Waals surface area contributed by atoms with E-state index < -0.39 is 18.3 Å². The second kappa shape index (κ2) is 9.45. The summed E-state index contributed by atoms with van der Waals surface area (Å²) in [6, 6.07) is 14.7. The van der Waals surface area contributed by atoms with Crippen LogP contribution < -0.4 is 14.2 Å². The van der Waals surface area contributed by atoms with Gasteiger partial charge in [0.25, 0.3) is 5.91 Å². The quantitative estimate of drug-likeness (QED) is 0.537. The van der Waals surface area contributed by atoms with Crippen molar-refractivity contribution in [1.29, 1.82) is 0 Å². The Bertz CT molecular complexity index is 1240. The molecule has 0 radical (unpaired) electrons. The first-order valence-electron chi connectivity index (χ1n) is 11.5. The number of nitrogens with zero attached hydrogens (tertiary/aromatic N) is 2. The van der Waals surface area contributed by atoms with E-state index in [1.165, 1.54) is 7.11 Å². The molecule has 0 aliphatic carbocycles. The van der Waals surface area contributed by atoms with Gasteiger partial charge in [-0.25, -0.2) is 0 Å². The molecule has 9 heteroatoms. The molecule has 1 aromatic heterocycles. The molecule has 35 heavy (non-hydrogen) atoms. The highest BCUT2D eigenvalue weighted by Gasteiger charge is 2.44. The molecule has 2 aliphatic rings. The maximum Gasteiger partial charge on any atom is 0.253 e. The van der Waals surface area contributed by atoms with E-state index in [1.807, 2.05) is 35.4 Å². The molecule has 1 saturated heterocycles. The van der Waals surface area contributed by atoms with Gasteiger partial charge in [-0.2, -0.15) is 0 Å². The number of hydrogen-bond acceptors (Lipinski definition) is 6. The summed E-state index contributed by atoms with van der Waals surface area (Å²) in [6.45, 7) is 0.583. The summed E-state index contributed by atoms with van der Waals surface area (Å²) in [5.74, 6) is 1.42. The van der Waals surface area contributed by atoms with Gasteiger partial charge in [-0.1, -0.05) is 11.6 Å². The molecule has 0 saturated carbocycles. The number of halogens is 1. The molecule has 1 atom stereocenters. The SMILES string of the molecule is COc1cc(C(=O)N2CCC3(CC2)Oc2cc(Cl)ccc2-n2cccc23)ccc1OC[C@@H](O)CO.[HH]. The highest BCUT2D eigenvalue weighted by Crippen LogP contribution is 2.46. The number of fused-ring (bicyclic) bond motifs is 4. The first-order chi connectivity index (χ1) is 16.9. The number of likely N-dealkylation sites (tertiary alicyclic amines) is 1. The van der Waals surface area contributed by atoms with Gasteiger partial charge in [0.1, 0.15) is 18.5 Å². The van der Waals surface area contributed by atoms with E-state index in [2.05, 4.69) is 10.6 Å². The number of aromatic nitrogens is 1. The molecule has 2 aromatic carbocycles. The Hall–Kier alpha value is -3.20. The molecule has 1 fully saturated rings. The fourth-order valence-electron chi connectivity index (χ4n) is 4.76. The fourth-order valence-corrected chi connectivity index (χ4v) is 4.93. The van der Waals surface area contributed by atoms with Gasteiger partial charge in [0, 0.05) is 50.2 Å². The summed E-state index contributed by atoms with van der Waals surface area (Å²) < 4.78 is 19.6. The fraction of sp³-hybridized carbons (Fsp3) is 0.346. The maximum atomic E-state index is 13.3. The largest absolute Gasteiger partial charge is 0.493 e. The topological polar surface area (TPSA) is 93.4 Å². The van der Waals surface area contributed by atoms with Gasteiger partial charge < -0.3 is 33.9 Å². The van der Waals surface area contributed by atoms with Gasteiger partial charge in [0.05, 0.1) is 25.1 Å². The van der Waals surface area contributed by atoms with Gasteiger partial charge in [-0.05, 0) is 42.5 Å². The lowest BCUT2D eigenvalue weighted by Crippen LogP contribution is -2.50. The zero-order valence-corrected chi connectivity index (χ0v) is 20.1. The van der Waals surface area contributed by atoms with Crippen LogP contribution in [0.25, 0.3) is 5.69 Å². The summed E-state index contributed by atoms with van der Waals surface area (Å²) >= 11 is 6.23. The minimum Gasteiger partial charge on any atom is -0.493 e. The Kier molecular flexibility index (Phi) is 6.35. The molecule has 2 N–H and O–H groups in total. The van der Waals surface area contributed by atoms with Crippen LogP contribution in [0.2, 0.25) is 5.02 Å². The molecule has 3 aromatic rings. The smallest absolute Gasteiger partial charge is 0.253 e. The molecule has 0 unspecified atom stereocenters. The maximum absolute atomic E-state index is 13.3. The summed E-state index contributed by atoms with van der Waals surface area (Å²) in [6.07, 6.45) is 2.32. The Labute approximate surface area is 209 Å². The zero-order chi connectivity index (χ0) is 24.6. The van der Waals surface area contributed by atoms with E-state index in [0.717, 1.165) is 17.1 Å². The molecular formula is C26H29ClN2O6. The van der Waals surface area contributed by atoms with E-state index in [0.29, 0.717) is 48.0 Å². The average Bonchev–Trinajstić information content (AvgIpc) is 3.38. The van der Waals surface area contributed by atoms with Crippen molar-refractivity contribution in [2.75, 3.05) is 33.4 Å². The summed E-state index contributed by atoms with van der Waals surface area (Å²) in [7, 11) is 1.49. The Morgan fingerprint density at radius 1 is 1.20 bits per heavy atom. The molecule has 1 amide bonds. The molecule has 2 aliphatic heterocycles. The van der Waals surface area contributed by atoms with Crippen LogP contribution in [0.5, 0.6) is 17.2 Å². The predicted molar refractivity (Wildman–Crippen MR) is 132 cm³/mol. The highest BCUT2D eigenvalue weighted by atomic mass is 35.5. The summed E-state index contributed by atoms with van der Waals surface area (Å²) in [5.41, 5.74) is 1.99. The van der Waals surface area contributed by atoms with Gasteiger partial charge in [0.15, 0.2) is 17.1 Å². The van der Waals surface area contributed by atoms with Crippen LogP contribution in [-0.2, 0) is 5.60 Å². The zero-order valence-electron chi connectivity index (χ0n) is 19.3. The molecule has 3 heterocycles. The third kappa shape index (κ3) is 4.33. The third-order valence-corrected chi connectivity index (χ3v) is 6.85. The molecule has 0 bridgehead atoms. The van der Waals surface area contributed by atoms with Crippen LogP contribution in [0.15, 0.2) is 54.7 Å². The number of rotatable bonds is 6. The van der Waals surface area contributed by atoms with E-state index in [9.17, 15) is 9.90 Å². The van der Waals surface area contributed by atoms with Crippen LogP contribution in [-0.4, -0.2) is 65.1 Å². The van der Waals surface area contributed by atoms with Crippen molar-refractivity contribution in [3.05, 3.63) is 71.0 Å². The van der Waals surface area contributed by atoms with E-state index in [4.69, 9.17) is 30.9 Å². The van der Waals surface area contributed by atoms with Gasteiger partial charge in [-0.15, -0.1) is 0 Å². The number of benzene rings is 2. The lowest BCUT2D eigenvalue weighted by molar-refractivity contribution is -0.00931. The molecule has 186 valence electrons. The molecular weight excluding hydrogens is 472 g/mol. The average molecular weight is 501 g/mol. The Balaban J connectivity index is 0.00000304. The summed E-state index contributed by atoms with van der Waals surface area (Å²) in [5, 5.41) is 19.1. The van der Waals surface area contributed by atoms with Crippen molar-refractivity contribution in [3.8, 4) is 22.9 Å². The first-order valence-corrected chi connectivity index (χ1v) is 11.9. The highest BCUT2D eigenvalue weighted by molar-refractivity contribution is 6.30. The standard InChI is InChI=1S/C26H27ClN2O6.H2/c1-33-23-13-17(4-7-21(23)34-16-19(31)15-30)25(32)28-11-8-26(9-12-28)24-3-2-10-29(24)20-6-5-18(27)14-22(20)35-26;/h2-7,10,13-14,19,30-31H,8-9,11-12,15-16H2,1H3;1H/t19-;/m0./s1. The van der Waals surface area contributed by atoms with Crippen molar-refractivity contribution in [2.45, 2.75) is 24.5 Å². The van der Waals surface area contributed by atoms with Crippen LogP contribution in [0.1, 0.15) is 30.3 Å². The molecule has 8 nitrogen and oxygen atoms in total. The number of aliphatic hydroxyl groups is 2. The number of aliphatic hydroxyl groups excluding tert-OH is 2. The number of carbonyl (C=O) groups excluding carboxylic acids is 1. The van der Waals surface area contributed by atoms with Crippen molar-refractivity contribution < 1.29 is 30.6 Å². The molecule has 5 rings (SSSR count). The van der Waals surface area contributed by atoms with E-state index in [-0.39, 0.29) is 13.9 Å². The Morgan fingerprint density at radius 3 is 2.74 bits per heavy atom. The van der Waals surface area contributed by atoms with Crippen LogP contribution in [0.3, 0.4) is 0 Å². The second-order valence-corrected chi connectivity index (χ2v) is 9.21. The number of ether oxygens (including phenoxy) is 3. The van der Waals surface area contributed by atoms with Crippen molar-refractivity contribution in [3.63, 3.8) is 0 Å². The minimum absolute atomic E-state index is 0. The molecule has 1 spiro atoms. The van der Waals surface area contributed by atoms with Gasteiger partial charge in [-0.3, -0.25) is 4.79 Å². The monoisotopic (exact) mass is 500 g/mol. The second-order valence-electron chi connectivity index (χ2n) is 8.78. The number of hydrogen-bond donors (Lipinski definition) is 2. The number of carbonyl (C=O) groups is 1. The van der Waals surface area contributed by atoms with Gasteiger partial charge in [0.2, 0.25) is 0 Å². The summed E-state index contributed by atoms with van der Waals surface area (Å²) in [4.78, 5) is 15.1. The van der Waals surface area contributed by atoms with Crippen molar-refractivity contribution in [2.24, 2.45) is 0 Å². The van der Waals surface area contributed by atoms with Crippen molar-refractivity contribution >= 4 is 17.5 Å². The Morgan fingerprint density at radius 2 is 2.00 bits per heavy atom. The lowest BCUT2D eigenvalue weighted by Gasteiger charge is -2.45. The van der Waals surface area contributed by atoms with Crippen molar-refractivity contribution in [1.82, 2.24) is 9.47 Å². The van der Waals surface area contributed by atoms with Crippen LogP contribution in [0, 0.1) is 0 Å². The number of amides is 1.